The maximum absolute atomic E-state index is 4.65. The van der Waals surface area contributed by atoms with Crippen LogP contribution in [0.2, 0.25) is 0 Å². The first-order chi connectivity index (χ1) is 15.2. The molecular weight excluding hydrogens is 382 g/mol. The highest BCUT2D eigenvalue weighted by Gasteiger charge is 2.14. The van der Waals surface area contributed by atoms with Crippen molar-refractivity contribution in [3.05, 3.63) is 90.5 Å². The van der Waals surface area contributed by atoms with Crippen LogP contribution in [0.15, 0.2) is 79.3 Å². The lowest BCUT2D eigenvalue weighted by atomic mass is 9.99. The fourth-order valence-corrected chi connectivity index (χ4v) is 4.33. The van der Waals surface area contributed by atoms with E-state index in [4.69, 9.17) is 0 Å². The van der Waals surface area contributed by atoms with Gasteiger partial charge in [0.05, 0.1) is 28.9 Å². The van der Waals surface area contributed by atoms with E-state index in [1.165, 1.54) is 16.7 Å². The molecule has 6 rings (SSSR count). The molecule has 0 saturated heterocycles. The van der Waals surface area contributed by atoms with Gasteiger partial charge in [-0.3, -0.25) is 5.10 Å². The zero-order valence-electron chi connectivity index (χ0n) is 17.3. The molecule has 3 aromatic carbocycles. The summed E-state index contributed by atoms with van der Waals surface area (Å²) in [5.74, 6) is 0. The number of aromatic nitrogens is 5. The summed E-state index contributed by atoms with van der Waals surface area (Å²) in [7, 11) is 0. The van der Waals surface area contributed by atoms with Crippen LogP contribution in [0.3, 0.4) is 0 Å². The van der Waals surface area contributed by atoms with Crippen molar-refractivity contribution in [2.24, 2.45) is 0 Å². The Kier molecular flexibility index (Phi) is 3.83. The molecule has 3 aromatic heterocycles. The molecule has 0 bridgehead atoms. The second-order valence-electron chi connectivity index (χ2n) is 7.99. The van der Waals surface area contributed by atoms with Crippen LogP contribution in [0.5, 0.6) is 0 Å². The number of fused-ring (bicyclic) bond motifs is 2. The molecule has 0 unspecified atom stereocenters. The highest BCUT2D eigenvalue weighted by Crippen LogP contribution is 2.34. The molecule has 3 heterocycles. The summed E-state index contributed by atoms with van der Waals surface area (Å²) in [4.78, 5) is 7.94. The van der Waals surface area contributed by atoms with E-state index in [9.17, 15) is 0 Å². The minimum absolute atomic E-state index is 0.925. The van der Waals surface area contributed by atoms with Crippen LogP contribution in [-0.4, -0.2) is 24.7 Å². The molecule has 0 aliphatic heterocycles. The lowest BCUT2D eigenvalue weighted by Crippen LogP contribution is -1.89. The average molecular weight is 403 g/mol. The van der Waals surface area contributed by atoms with Crippen LogP contribution in [-0.2, 0) is 0 Å². The second-order valence-corrected chi connectivity index (χ2v) is 7.99. The van der Waals surface area contributed by atoms with Crippen molar-refractivity contribution in [3.63, 3.8) is 0 Å². The highest BCUT2D eigenvalue weighted by atomic mass is 15.1. The number of imidazole rings is 1. The zero-order chi connectivity index (χ0) is 20.9. The smallest absolute Gasteiger partial charge is 0.116 e. The van der Waals surface area contributed by atoms with Gasteiger partial charge in [-0.1, -0.05) is 36.4 Å². The zero-order valence-corrected chi connectivity index (χ0v) is 17.3. The number of aromatic amines is 2. The van der Waals surface area contributed by atoms with Gasteiger partial charge in [0.1, 0.15) is 5.69 Å². The first kappa shape index (κ1) is 17.7. The van der Waals surface area contributed by atoms with Crippen LogP contribution in [0.1, 0.15) is 11.3 Å². The molecule has 5 heteroatoms. The Bertz CT molecular complexity index is 1560. The van der Waals surface area contributed by atoms with Crippen molar-refractivity contribution in [3.8, 4) is 28.2 Å². The van der Waals surface area contributed by atoms with Crippen LogP contribution in [0.4, 0.5) is 0 Å². The van der Waals surface area contributed by atoms with Gasteiger partial charge in [0.15, 0.2) is 0 Å². The van der Waals surface area contributed by atoms with Crippen molar-refractivity contribution < 1.29 is 0 Å². The molecule has 6 aromatic rings. The van der Waals surface area contributed by atoms with Crippen molar-refractivity contribution in [1.29, 1.82) is 0 Å². The standard InChI is InChI=1S/C26H21N5/c1-16-6-3-4-7-19(16)18-10-11-23-21(12-18)26(30-29-23)24-13-20-22(28-24)8-5-9-25(20)31-14-17(2)27-15-31/h3-15,28H,1-2H3,(H,29,30). The second kappa shape index (κ2) is 6.71. The fraction of sp³-hybridized carbons (Fsp3) is 0.0769. The summed E-state index contributed by atoms with van der Waals surface area (Å²) in [6.45, 7) is 4.15. The molecule has 5 nitrogen and oxygen atoms in total. The van der Waals surface area contributed by atoms with Gasteiger partial charge < -0.3 is 9.55 Å². The number of rotatable bonds is 3. The van der Waals surface area contributed by atoms with Gasteiger partial charge in [0, 0.05) is 22.5 Å². The minimum Gasteiger partial charge on any atom is -0.353 e. The van der Waals surface area contributed by atoms with Crippen LogP contribution < -0.4 is 0 Å². The van der Waals surface area contributed by atoms with E-state index >= 15 is 0 Å². The van der Waals surface area contributed by atoms with Gasteiger partial charge in [-0.05, 0) is 60.9 Å². The Labute approximate surface area is 179 Å². The highest BCUT2D eigenvalue weighted by molar-refractivity contribution is 5.99. The van der Waals surface area contributed by atoms with Gasteiger partial charge >= 0.3 is 0 Å². The summed E-state index contributed by atoms with van der Waals surface area (Å²) in [6.07, 6.45) is 3.90. The molecule has 0 radical (unpaired) electrons. The van der Waals surface area contributed by atoms with Gasteiger partial charge in [0.25, 0.3) is 0 Å². The number of hydrogen-bond acceptors (Lipinski definition) is 2. The number of hydrogen-bond donors (Lipinski definition) is 2. The third-order valence-electron chi connectivity index (χ3n) is 5.91. The molecule has 0 amide bonds. The van der Waals surface area contributed by atoms with E-state index in [-0.39, 0.29) is 0 Å². The Morgan fingerprint density at radius 1 is 0.839 bits per heavy atom. The topological polar surface area (TPSA) is 62.3 Å². The van der Waals surface area contributed by atoms with E-state index in [1.807, 2.05) is 19.4 Å². The monoisotopic (exact) mass is 403 g/mol. The number of nitrogens with zero attached hydrogens (tertiary/aromatic N) is 3. The van der Waals surface area contributed by atoms with Gasteiger partial charge in [-0.25, -0.2) is 4.98 Å². The minimum atomic E-state index is 0.925. The summed E-state index contributed by atoms with van der Waals surface area (Å²) in [6, 6.07) is 23.4. The van der Waals surface area contributed by atoms with Gasteiger partial charge in [0.2, 0.25) is 0 Å². The SMILES string of the molecule is Cc1cn(-c2cccc3[nH]c(-c4n[nH]c5ccc(-c6ccccc6C)cc45)cc23)cn1. The van der Waals surface area contributed by atoms with Gasteiger partial charge in [-0.15, -0.1) is 0 Å². The Morgan fingerprint density at radius 3 is 2.58 bits per heavy atom. The van der Waals surface area contributed by atoms with E-state index < -0.39 is 0 Å². The fourth-order valence-electron chi connectivity index (χ4n) is 4.33. The lowest BCUT2D eigenvalue weighted by molar-refractivity contribution is 1.07. The molecular formula is C26H21N5. The van der Waals surface area contributed by atoms with Crippen molar-refractivity contribution in [1.82, 2.24) is 24.7 Å². The Morgan fingerprint density at radius 2 is 1.74 bits per heavy atom. The summed E-state index contributed by atoms with van der Waals surface area (Å²) < 4.78 is 2.06. The lowest BCUT2D eigenvalue weighted by Gasteiger charge is -2.06. The largest absolute Gasteiger partial charge is 0.353 e. The first-order valence-corrected chi connectivity index (χ1v) is 10.3. The maximum Gasteiger partial charge on any atom is 0.116 e. The van der Waals surface area contributed by atoms with Crippen LogP contribution in [0.25, 0.3) is 50.0 Å². The van der Waals surface area contributed by atoms with E-state index in [0.29, 0.717) is 0 Å². The van der Waals surface area contributed by atoms with E-state index in [1.54, 1.807) is 0 Å². The molecule has 0 fully saturated rings. The predicted octanol–water partition coefficient (Wildman–Crippen LogP) is 6.18. The van der Waals surface area contributed by atoms with E-state index in [0.717, 1.165) is 44.6 Å². The summed E-state index contributed by atoms with van der Waals surface area (Å²) in [5, 5.41) is 10.1. The number of aryl methyl sites for hydroxylation is 2. The predicted molar refractivity (Wildman–Crippen MR) is 125 cm³/mol. The van der Waals surface area contributed by atoms with Crippen LogP contribution in [0, 0.1) is 13.8 Å². The first-order valence-electron chi connectivity index (χ1n) is 10.3. The molecule has 0 saturated carbocycles. The van der Waals surface area contributed by atoms with Crippen molar-refractivity contribution >= 4 is 21.8 Å². The van der Waals surface area contributed by atoms with Crippen molar-refractivity contribution in [2.45, 2.75) is 13.8 Å². The summed E-state index contributed by atoms with van der Waals surface area (Å²) >= 11 is 0. The third-order valence-corrected chi connectivity index (χ3v) is 5.91. The quantitative estimate of drug-likeness (QED) is 0.371. The molecule has 0 atom stereocenters. The third kappa shape index (κ3) is 2.86. The van der Waals surface area contributed by atoms with E-state index in [2.05, 4.69) is 98.4 Å². The Hall–Kier alpha value is -4.12. The average Bonchev–Trinajstić information content (AvgIpc) is 3.50. The van der Waals surface area contributed by atoms with Gasteiger partial charge in [-0.2, -0.15) is 5.10 Å². The van der Waals surface area contributed by atoms with Crippen molar-refractivity contribution in [2.75, 3.05) is 0 Å². The Balaban J connectivity index is 1.52. The number of H-pyrrole nitrogens is 2. The molecule has 150 valence electrons. The molecule has 0 aliphatic carbocycles. The van der Waals surface area contributed by atoms with Crippen LogP contribution >= 0.6 is 0 Å². The summed E-state index contributed by atoms with van der Waals surface area (Å²) in [5.41, 5.74) is 9.81. The number of benzene rings is 3. The molecule has 0 aliphatic rings. The maximum atomic E-state index is 4.65. The molecule has 31 heavy (non-hydrogen) atoms. The normalized spacial score (nSPS) is 11.5. The molecule has 2 N–H and O–H groups in total. The molecule has 0 spiro atoms. The number of nitrogens with one attached hydrogen (secondary N) is 2.